The zero-order valence-corrected chi connectivity index (χ0v) is 17.4. The number of quaternary nitrogens is 1. The first kappa shape index (κ1) is 20.6. The van der Waals surface area contributed by atoms with E-state index in [1.807, 2.05) is 30.3 Å². The monoisotopic (exact) mass is 422 g/mol. The number of nitrogens with one attached hydrogen (secondary N) is 1. The topological polar surface area (TPSA) is 88.0 Å². The highest BCUT2D eigenvalue weighted by molar-refractivity contribution is 5.50. The van der Waals surface area contributed by atoms with Crippen LogP contribution in [0.15, 0.2) is 65.6 Å². The lowest BCUT2D eigenvalue weighted by atomic mass is 9.88. The molecule has 2 aromatic carbocycles. The Morgan fingerprint density at radius 1 is 1.10 bits per heavy atom. The van der Waals surface area contributed by atoms with Gasteiger partial charge in [0.25, 0.3) is 11.2 Å². The minimum absolute atomic E-state index is 0.0593. The molecule has 0 fully saturated rings. The second-order valence-electron chi connectivity index (χ2n) is 7.52. The van der Waals surface area contributed by atoms with E-state index in [1.165, 1.54) is 28.5 Å². The summed E-state index contributed by atoms with van der Waals surface area (Å²) in [7, 11) is 3.23. The van der Waals surface area contributed by atoms with E-state index >= 15 is 0 Å². The predicted octanol–water partition coefficient (Wildman–Crippen LogP) is 1.96. The smallest absolute Gasteiger partial charge is 0.285 e. The fourth-order valence-electron chi connectivity index (χ4n) is 4.28. The number of nitro groups is 1. The molecule has 160 valence electrons. The highest BCUT2D eigenvalue weighted by atomic mass is 16.6. The molecule has 1 unspecified atom stereocenters. The highest BCUT2D eigenvalue weighted by Crippen LogP contribution is 2.36. The van der Waals surface area contributed by atoms with Gasteiger partial charge in [-0.25, -0.2) is 0 Å². The quantitative estimate of drug-likeness (QED) is 0.485. The van der Waals surface area contributed by atoms with Crippen LogP contribution in [0.25, 0.3) is 0 Å². The maximum Gasteiger partial charge on any atom is 0.285 e. The van der Waals surface area contributed by atoms with Gasteiger partial charge in [-0.15, -0.1) is 0 Å². The first-order chi connectivity index (χ1) is 15.0. The molecule has 0 saturated carbocycles. The van der Waals surface area contributed by atoms with E-state index < -0.39 is 4.92 Å². The minimum Gasteiger partial charge on any atom is -0.493 e. The summed E-state index contributed by atoms with van der Waals surface area (Å²) in [5.41, 5.74) is 3.01. The molecular weight excluding hydrogens is 398 g/mol. The summed E-state index contributed by atoms with van der Waals surface area (Å²) in [5, 5.41) is 11.2. The SMILES string of the molecule is COc1cc2c(cc1OC)[C@@H](c1ccccc1)[NH+](Cn1cc([N+](=O)[O-])ccc1=O)CC2. The Hall–Kier alpha value is -3.65. The summed E-state index contributed by atoms with van der Waals surface area (Å²) in [6.07, 6.45) is 2.11. The van der Waals surface area contributed by atoms with Gasteiger partial charge in [0.2, 0.25) is 0 Å². The van der Waals surface area contributed by atoms with E-state index in [0.717, 1.165) is 29.0 Å². The van der Waals surface area contributed by atoms with Crippen molar-refractivity contribution in [1.82, 2.24) is 4.57 Å². The lowest BCUT2D eigenvalue weighted by molar-refractivity contribution is -0.949. The fraction of sp³-hybridized carbons (Fsp3) is 0.261. The lowest BCUT2D eigenvalue weighted by Crippen LogP contribution is -3.13. The van der Waals surface area contributed by atoms with E-state index in [2.05, 4.69) is 12.1 Å². The molecule has 0 spiro atoms. The zero-order chi connectivity index (χ0) is 22.0. The summed E-state index contributed by atoms with van der Waals surface area (Å²) < 4.78 is 12.4. The molecule has 2 atom stereocenters. The Morgan fingerprint density at radius 3 is 2.48 bits per heavy atom. The Balaban J connectivity index is 1.80. The van der Waals surface area contributed by atoms with Crippen molar-refractivity contribution in [2.24, 2.45) is 0 Å². The maximum absolute atomic E-state index is 12.4. The van der Waals surface area contributed by atoms with Crippen LogP contribution in [0.5, 0.6) is 11.5 Å². The molecule has 4 rings (SSSR count). The number of rotatable bonds is 6. The molecule has 2 heterocycles. The maximum atomic E-state index is 12.4. The Kier molecular flexibility index (Phi) is 5.73. The van der Waals surface area contributed by atoms with Gasteiger partial charge in [-0.2, -0.15) is 0 Å². The molecule has 0 bridgehead atoms. The number of methoxy groups -OCH3 is 2. The normalized spacial score (nSPS) is 17.6. The number of hydrogen-bond donors (Lipinski definition) is 1. The van der Waals surface area contributed by atoms with Crippen molar-refractivity contribution in [3.05, 3.63) is 98.0 Å². The average molecular weight is 422 g/mol. The third-order valence-corrected chi connectivity index (χ3v) is 5.77. The Morgan fingerprint density at radius 2 is 1.81 bits per heavy atom. The molecule has 1 N–H and O–H groups in total. The van der Waals surface area contributed by atoms with Crippen LogP contribution in [-0.4, -0.2) is 30.3 Å². The second kappa shape index (κ2) is 8.61. The van der Waals surface area contributed by atoms with Crippen molar-refractivity contribution in [1.29, 1.82) is 0 Å². The third-order valence-electron chi connectivity index (χ3n) is 5.77. The van der Waals surface area contributed by atoms with Crippen LogP contribution >= 0.6 is 0 Å². The predicted molar refractivity (Wildman–Crippen MR) is 115 cm³/mol. The van der Waals surface area contributed by atoms with Crippen molar-refractivity contribution in [3.8, 4) is 11.5 Å². The van der Waals surface area contributed by atoms with Gasteiger partial charge >= 0.3 is 0 Å². The molecule has 31 heavy (non-hydrogen) atoms. The Bertz CT molecular complexity index is 1160. The Labute approximate surface area is 179 Å². The van der Waals surface area contributed by atoms with Crippen molar-refractivity contribution >= 4 is 5.69 Å². The molecule has 3 aromatic rings. The standard InChI is InChI=1S/C23H23N3O5/c1-30-20-12-17-10-11-24(15-25-14-18(26(28)29)8-9-22(25)27)23(16-6-4-3-5-7-16)19(17)13-21(20)31-2/h3-9,12-14,23H,10-11,15H2,1-2H3/p+1/t23-/m1/s1. The summed E-state index contributed by atoms with van der Waals surface area (Å²) in [4.78, 5) is 24.3. The number of nitrogens with zero attached hydrogens (tertiary/aromatic N) is 2. The first-order valence-corrected chi connectivity index (χ1v) is 10.0. The van der Waals surface area contributed by atoms with Gasteiger partial charge in [-0.3, -0.25) is 19.5 Å². The average Bonchev–Trinajstić information content (AvgIpc) is 2.79. The van der Waals surface area contributed by atoms with Crippen LogP contribution in [0, 0.1) is 10.1 Å². The summed E-state index contributed by atoms with van der Waals surface area (Å²) in [6.45, 7) is 1.07. The van der Waals surface area contributed by atoms with Gasteiger partial charge in [0.15, 0.2) is 18.2 Å². The molecule has 0 aliphatic carbocycles. The number of hydrogen-bond acceptors (Lipinski definition) is 5. The van der Waals surface area contributed by atoms with Crippen molar-refractivity contribution in [2.75, 3.05) is 20.8 Å². The molecule has 1 aromatic heterocycles. The molecule has 1 aliphatic heterocycles. The molecule has 8 nitrogen and oxygen atoms in total. The molecule has 0 saturated heterocycles. The van der Waals surface area contributed by atoms with Gasteiger partial charge < -0.3 is 14.4 Å². The summed E-state index contributed by atoms with van der Waals surface area (Å²) in [6, 6.07) is 16.5. The lowest BCUT2D eigenvalue weighted by Gasteiger charge is -2.35. The summed E-state index contributed by atoms with van der Waals surface area (Å²) >= 11 is 0. The van der Waals surface area contributed by atoms with Gasteiger partial charge in [0.05, 0.1) is 31.9 Å². The molecule has 1 aliphatic rings. The number of aromatic nitrogens is 1. The van der Waals surface area contributed by atoms with Crippen molar-refractivity contribution in [3.63, 3.8) is 0 Å². The van der Waals surface area contributed by atoms with E-state index in [4.69, 9.17) is 9.47 Å². The molecule has 0 amide bonds. The van der Waals surface area contributed by atoms with Crippen LogP contribution in [-0.2, 0) is 13.1 Å². The van der Waals surface area contributed by atoms with Crippen molar-refractivity contribution < 1.29 is 19.3 Å². The number of fused-ring (bicyclic) bond motifs is 1. The van der Waals surface area contributed by atoms with Gasteiger partial charge in [-0.05, 0) is 17.7 Å². The molecule has 0 radical (unpaired) electrons. The van der Waals surface area contributed by atoms with E-state index in [1.54, 1.807) is 14.2 Å². The van der Waals surface area contributed by atoms with Gasteiger partial charge in [0, 0.05) is 29.7 Å². The van der Waals surface area contributed by atoms with Crippen LogP contribution < -0.4 is 19.9 Å². The van der Waals surface area contributed by atoms with Gasteiger partial charge in [-0.1, -0.05) is 30.3 Å². The van der Waals surface area contributed by atoms with Crippen LogP contribution in [0.1, 0.15) is 22.7 Å². The minimum atomic E-state index is -0.484. The van der Waals surface area contributed by atoms with Crippen molar-refractivity contribution in [2.45, 2.75) is 19.1 Å². The van der Waals surface area contributed by atoms with E-state index in [-0.39, 0.29) is 17.3 Å². The van der Waals surface area contributed by atoms with E-state index in [0.29, 0.717) is 18.2 Å². The van der Waals surface area contributed by atoms with Crippen LogP contribution in [0.2, 0.25) is 0 Å². The second-order valence-corrected chi connectivity index (χ2v) is 7.52. The van der Waals surface area contributed by atoms with Gasteiger partial charge in [0.1, 0.15) is 6.04 Å². The fourth-order valence-corrected chi connectivity index (χ4v) is 4.28. The number of ether oxygens (including phenoxy) is 2. The molecular formula is C23H24N3O5+. The zero-order valence-electron chi connectivity index (χ0n) is 17.4. The largest absolute Gasteiger partial charge is 0.493 e. The first-order valence-electron chi connectivity index (χ1n) is 10.0. The van der Waals surface area contributed by atoms with E-state index in [9.17, 15) is 14.9 Å². The summed E-state index contributed by atoms with van der Waals surface area (Å²) in [5.74, 6) is 1.34. The highest BCUT2D eigenvalue weighted by Gasteiger charge is 2.34. The third kappa shape index (κ3) is 4.02. The molecule has 8 heteroatoms. The van der Waals surface area contributed by atoms with Crippen LogP contribution in [0.3, 0.4) is 0 Å². The number of benzene rings is 2. The number of pyridine rings is 1. The van der Waals surface area contributed by atoms with Crippen LogP contribution in [0.4, 0.5) is 5.69 Å².